The van der Waals surface area contributed by atoms with E-state index in [1.165, 1.54) is 5.56 Å². The molecule has 2 rings (SSSR count). The van der Waals surface area contributed by atoms with E-state index in [-0.39, 0.29) is 23.8 Å². The zero-order valence-corrected chi connectivity index (χ0v) is 11.2. The van der Waals surface area contributed by atoms with Gasteiger partial charge in [0, 0.05) is 12.0 Å². The van der Waals surface area contributed by atoms with Gasteiger partial charge in [0.25, 0.3) is 0 Å². The van der Waals surface area contributed by atoms with Crippen molar-refractivity contribution in [2.75, 3.05) is 0 Å². The number of benzene rings is 1. The summed E-state index contributed by atoms with van der Waals surface area (Å²) in [5.41, 5.74) is 1.18. The summed E-state index contributed by atoms with van der Waals surface area (Å²) < 4.78 is 0. The molecule has 1 aliphatic carbocycles. The molecule has 0 saturated heterocycles. The maximum absolute atomic E-state index is 12.0. The van der Waals surface area contributed by atoms with Crippen LogP contribution >= 0.6 is 0 Å². The van der Waals surface area contributed by atoms with Crippen LogP contribution in [0.25, 0.3) is 0 Å². The predicted octanol–water partition coefficient (Wildman–Crippen LogP) is 2.02. The number of hydrogen-bond donors (Lipinski definition) is 2. The Morgan fingerprint density at radius 2 is 1.89 bits per heavy atom. The minimum Gasteiger partial charge on any atom is -0.481 e. The number of carboxylic acids is 1. The van der Waals surface area contributed by atoms with Crippen LogP contribution in [0, 0.1) is 11.8 Å². The molecule has 1 amide bonds. The Morgan fingerprint density at radius 1 is 1.26 bits per heavy atom. The molecule has 102 valence electrons. The maximum atomic E-state index is 12.0. The molecular weight excluding hydrogens is 242 g/mol. The Morgan fingerprint density at radius 3 is 2.47 bits per heavy atom. The average molecular weight is 261 g/mol. The van der Waals surface area contributed by atoms with E-state index in [0.29, 0.717) is 0 Å². The normalized spacial score (nSPS) is 24.3. The summed E-state index contributed by atoms with van der Waals surface area (Å²) in [5.74, 6) is -1.21. The highest BCUT2D eigenvalue weighted by Crippen LogP contribution is 2.47. The molecule has 1 saturated carbocycles. The first-order valence-corrected chi connectivity index (χ1v) is 6.59. The Hall–Kier alpha value is -1.84. The van der Waals surface area contributed by atoms with Gasteiger partial charge in [0.05, 0.1) is 5.92 Å². The quantitative estimate of drug-likeness (QED) is 0.852. The van der Waals surface area contributed by atoms with Crippen molar-refractivity contribution >= 4 is 11.9 Å². The fraction of sp³-hybridized carbons (Fsp3) is 0.467. The number of aliphatic carboxylic acids is 1. The van der Waals surface area contributed by atoms with Crippen LogP contribution < -0.4 is 5.32 Å². The molecule has 1 aromatic rings. The summed E-state index contributed by atoms with van der Waals surface area (Å²) in [7, 11) is 0. The molecule has 4 unspecified atom stereocenters. The molecule has 4 atom stereocenters. The molecule has 0 aromatic heterocycles. The van der Waals surface area contributed by atoms with Crippen molar-refractivity contribution in [2.24, 2.45) is 11.8 Å². The number of carboxylic acid groups (broad SMARTS) is 1. The van der Waals surface area contributed by atoms with Crippen LogP contribution in [0.4, 0.5) is 0 Å². The second-order valence-corrected chi connectivity index (χ2v) is 5.28. The van der Waals surface area contributed by atoms with Gasteiger partial charge in [0.2, 0.25) is 5.91 Å². The maximum Gasteiger partial charge on any atom is 0.308 e. The van der Waals surface area contributed by atoms with Gasteiger partial charge in [-0.2, -0.15) is 0 Å². The number of carbonyl (C=O) groups is 2. The molecule has 0 heterocycles. The molecule has 0 spiro atoms. The lowest BCUT2D eigenvalue weighted by Crippen LogP contribution is -2.40. The van der Waals surface area contributed by atoms with E-state index < -0.39 is 11.9 Å². The topological polar surface area (TPSA) is 66.4 Å². The van der Waals surface area contributed by atoms with Crippen LogP contribution in [0.3, 0.4) is 0 Å². The second-order valence-electron chi connectivity index (χ2n) is 5.28. The summed E-state index contributed by atoms with van der Waals surface area (Å²) in [5, 5.41) is 11.7. The highest BCUT2D eigenvalue weighted by molar-refractivity contribution is 5.83. The summed E-state index contributed by atoms with van der Waals surface area (Å²) in [4.78, 5) is 22.9. The zero-order chi connectivity index (χ0) is 14.0. The SMILES string of the molecule is CC(NC(=O)C1CC1c1ccccc1)C(C)C(=O)O. The van der Waals surface area contributed by atoms with Gasteiger partial charge in [-0.3, -0.25) is 9.59 Å². The number of rotatable bonds is 5. The zero-order valence-electron chi connectivity index (χ0n) is 11.2. The molecule has 0 bridgehead atoms. The average Bonchev–Trinajstić information content (AvgIpc) is 3.19. The highest BCUT2D eigenvalue weighted by Gasteiger charge is 2.44. The third-order valence-corrected chi connectivity index (χ3v) is 3.86. The summed E-state index contributed by atoms with van der Waals surface area (Å²) in [6.07, 6.45) is 0.851. The van der Waals surface area contributed by atoms with Gasteiger partial charge >= 0.3 is 5.97 Å². The molecule has 1 aliphatic rings. The molecule has 2 N–H and O–H groups in total. The van der Waals surface area contributed by atoms with E-state index in [9.17, 15) is 9.59 Å². The number of nitrogens with one attached hydrogen (secondary N) is 1. The van der Waals surface area contributed by atoms with Crippen molar-refractivity contribution < 1.29 is 14.7 Å². The van der Waals surface area contributed by atoms with Crippen LogP contribution in [-0.2, 0) is 9.59 Å². The van der Waals surface area contributed by atoms with Gasteiger partial charge in [0.1, 0.15) is 0 Å². The molecular formula is C15H19NO3. The van der Waals surface area contributed by atoms with Crippen molar-refractivity contribution in [1.29, 1.82) is 0 Å². The van der Waals surface area contributed by atoms with Gasteiger partial charge in [-0.15, -0.1) is 0 Å². The first kappa shape index (κ1) is 13.6. The van der Waals surface area contributed by atoms with E-state index >= 15 is 0 Å². The van der Waals surface area contributed by atoms with Crippen molar-refractivity contribution in [3.05, 3.63) is 35.9 Å². The monoisotopic (exact) mass is 261 g/mol. The summed E-state index contributed by atoms with van der Waals surface area (Å²) >= 11 is 0. The van der Waals surface area contributed by atoms with Crippen LogP contribution in [0.1, 0.15) is 31.7 Å². The van der Waals surface area contributed by atoms with E-state index in [0.717, 1.165) is 6.42 Å². The van der Waals surface area contributed by atoms with Gasteiger partial charge in [-0.05, 0) is 31.7 Å². The third-order valence-electron chi connectivity index (χ3n) is 3.86. The second kappa shape index (κ2) is 5.43. The first-order valence-electron chi connectivity index (χ1n) is 6.59. The molecule has 4 heteroatoms. The summed E-state index contributed by atoms with van der Waals surface area (Å²) in [6.45, 7) is 3.34. The molecule has 0 aliphatic heterocycles. The molecule has 1 fully saturated rings. The van der Waals surface area contributed by atoms with Gasteiger partial charge in [0.15, 0.2) is 0 Å². The van der Waals surface area contributed by atoms with Crippen molar-refractivity contribution in [1.82, 2.24) is 5.32 Å². The van der Waals surface area contributed by atoms with Crippen LogP contribution in [0.15, 0.2) is 30.3 Å². The van der Waals surface area contributed by atoms with Gasteiger partial charge in [-0.1, -0.05) is 30.3 Å². The van der Waals surface area contributed by atoms with E-state index in [2.05, 4.69) is 5.32 Å². The molecule has 19 heavy (non-hydrogen) atoms. The van der Waals surface area contributed by atoms with Crippen LogP contribution in [0.5, 0.6) is 0 Å². The van der Waals surface area contributed by atoms with Crippen molar-refractivity contribution in [3.8, 4) is 0 Å². The fourth-order valence-electron chi connectivity index (χ4n) is 2.22. The predicted molar refractivity (Wildman–Crippen MR) is 71.7 cm³/mol. The Bertz CT molecular complexity index is 472. The minimum atomic E-state index is -0.886. The number of hydrogen-bond acceptors (Lipinski definition) is 2. The first-order chi connectivity index (χ1) is 9.00. The largest absolute Gasteiger partial charge is 0.481 e. The number of amides is 1. The Labute approximate surface area is 112 Å². The van der Waals surface area contributed by atoms with Gasteiger partial charge in [-0.25, -0.2) is 0 Å². The van der Waals surface area contributed by atoms with Gasteiger partial charge < -0.3 is 10.4 Å². The summed E-state index contributed by atoms with van der Waals surface area (Å²) in [6, 6.07) is 9.61. The van der Waals surface area contributed by atoms with E-state index in [1.807, 2.05) is 30.3 Å². The standard InChI is InChI=1S/C15H19NO3/c1-9(15(18)19)10(2)16-14(17)13-8-12(13)11-6-4-3-5-7-11/h3-7,9-10,12-13H,8H2,1-2H3,(H,16,17)(H,18,19). The smallest absolute Gasteiger partial charge is 0.308 e. The van der Waals surface area contributed by atoms with E-state index in [1.54, 1.807) is 13.8 Å². The lowest BCUT2D eigenvalue weighted by molar-refractivity contribution is -0.142. The van der Waals surface area contributed by atoms with Crippen molar-refractivity contribution in [2.45, 2.75) is 32.2 Å². The van der Waals surface area contributed by atoms with Crippen LogP contribution in [0.2, 0.25) is 0 Å². The molecule has 4 nitrogen and oxygen atoms in total. The minimum absolute atomic E-state index is 0.00848. The Kier molecular flexibility index (Phi) is 3.88. The Balaban J connectivity index is 1.88. The fourth-order valence-corrected chi connectivity index (χ4v) is 2.22. The highest BCUT2D eigenvalue weighted by atomic mass is 16.4. The van der Waals surface area contributed by atoms with Crippen LogP contribution in [-0.4, -0.2) is 23.0 Å². The van der Waals surface area contributed by atoms with E-state index in [4.69, 9.17) is 5.11 Å². The third kappa shape index (κ3) is 3.13. The lowest BCUT2D eigenvalue weighted by Gasteiger charge is -2.17. The lowest BCUT2D eigenvalue weighted by atomic mass is 10.0. The van der Waals surface area contributed by atoms with Crippen molar-refractivity contribution in [3.63, 3.8) is 0 Å². The molecule has 0 radical (unpaired) electrons. The molecule has 1 aromatic carbocycles. The number of carbonyl (C=O) groups excluding carboxylic acids is 1.